The summed E-state index contributed by atoms with van der Waals surface area (Å²) in [5.74, 6) is 0. The van der Waals surface area contributed by atoms with Crippen LogP contribution in [0, 0.1) is 0 Å². The van der Waals surface area contributed by atoms with E-state index in [1.54, 1.807) is 6.20 Å². The molecule has 0 unspecified atom stereocenters. The molecule has 21 heavy (non-hydrogen) atoms. The molecule has 0 aliphatic heterocycles. The van der Waals surface area contributed by atoms with Crippen molar-refractivity contribution in [2.24, 2.45) is 5.73 Å². The number of pyridine rings is 1. The van der Waals surface area contributed by atoms with E-state index in [1.807, 2.05) is 18.2 Å². The molecule has 1 fully saturated rings. The lowest BCUT2D eigenvalue weighted by molar-refractivity contribution is 0.337. The number of aromatic nitrogens is 1. The Morgan fingerprint density at radius 3 is 2.90 bits per heavy atom. The molecule has 0 bridgehead atoms. The maximum absolute atomic E-state index is 5.84. The van der Waals surface area contributed by atoms with Crippen molar-refractivity contribution >= 4 is 33.8 Å². The van der Waals surface area contributed by atoms with Crippen LogP contribution in [-0.2, 0) is 0 Å². The lowest BCUT2D eigenvalue weighted by atomic mass is 10.1. The Labute approximate surface area is 130 Å². The Morgan fingerprint density at radius 1 is 1.43 bits per heavy atom. The molecule has 1 aliphatic carbocycles. The van der Waals surface area contributed by atoms with Gasteiger partial charge in [-0.1, -0.05) is 30.4 Å². The van der Waals surface area contributed by atoms with Crippen LogP contribution in [0.25, 0.3) is 10.9 Å². The highest BCUT2D eigenvalue weighted by Gasteiger charge is 2.25. The van der Waals surface area contributed by atoms with E-state index in [0.717, 1.165) is 41.3 Å². The second kappa shape index (κ2) is 5.95. The first-order valence-electron chi connectivity index (χ1n) is 7.28. The van der Waals surface area contributed by atoms with Crippen molar-refractivity contribution in [1.82, 2.24) is 9.88 Å². The van der Waals surface area contributed by atoms with Gasteiger partial charge < -0.3 is 16.0 Å². The number of thiocarbonyl (C=S) groups is 1. The number of benzene rings is 1. The highest BCUT2D eigenvalue weighted by molar-refractivity contribution is 7.80. The molecule has 2 aromatic rings. The van der Waals surface area contributed by atoms with Crippen molar-refractivity contribution in [3.63, 3.8) is 0 Å². The minimum atomic E-state index is 0.381. The number of likely N-dealkylation sites (N-methyl/N-ethyl adjacent to an activating group) is 1. The van der Waals surface area contributed by atoms with Gasteiger partial charge in [-0.25, -0.2) is 0 Å². The first-order chi connectivity index (χ1) is 10.2. The van der Waals surface area contributed by atoms with E-state index in [4.69, 9.17) is 18.0 Å². The smallest absolute Gasteiger partial charge is 0.107 e. The van der Waals surface area contributed by atoms with Crippen LogP contribution < -0.4 is 11.1 Å². The minimum Gasteiger partial charge on any atom is -0.389 e. The summed E-state index contributed by atoms with van der Waals surface area (Å²) in [6, 6.07) is 8.82. The lowest BCUT2D eigenvalue weighted by Gasteiger charge is -2.18. The highest BCUT2D eigenvalue weighted by Crippen LogP contribution is 2.27. The van der Waals surface area contributed by atoms with Crippen LogP contribution in [-0.4, -0.2) is 41.1 Å². The molecule has 0 saturated heterocycles. The summed E-state index contributed by atoms with van der Waals surface area (Å²) in [7, 11) is 2.18. The number of rotatable bonds is 6. The van der Waals surface area contributed by atoms with E-state index >= 15 is 0 Å². The monoisotopic (exact) mass is 300 g/mol. The summed E-state index contributed by atoms with van der Waals surface area (Å²) >= 11 is 5.15. The summed E-state index contributed by atoms with van der Waals surface area (Å²) < 4.78 is 0. The normalized spacial score (nSPS) is 14.6. The van der Waals surface area contributed by atoms with Crippen LogP contribution in [0.1, 0.15) is 18.4 Å². The Morgan fingerprint density at radius 2 is 2.19 bits per heavy atom. The standard InChI is InChI=1S/C16H20N4S/c1-20(11-6-7-11)9-8-18-15-12-4-2-3-5-14(12)19-10-13(15)16(17)21/h2-5,10-11H,6-9H2,1H3,(H2,17,21)(H,18,19). The molecule has 3 rings (SSSR count). The molecule has 4 nitrogen and oxygen atoms in total. The van der Waals surface area contributed by atoms with Crippen LogP contribution in [0.15, 0.2) is 30.5 Å². The zero-order chi connectivity index (χ0) is 14.8. The fourth-order valence-corrected chi connectivity index (χ4v) is 2.73. The number of fused-ring (bicyclic) bond motifs is 1. The van der Waals surface area contributed by atoms with Gasteiger partial charge in [0.05, 0.1) is 16.8 Å². The molecule has 1 aromatic heterocycles. The van der Waals surface area contributed by atoms with Crippen LogP contribution in [0.4, 0.5) is 5.69 Å². The van der Waals surface area contributed by atoms with Gasteiger partial charge in [0.1, 0.15) is 4.99 Å². The number of nitrogens with zero attached hydrogens (tertiary/aromatic N) is 2. The Kier molecular flexibility index (Phi) is 4.03. The van der Waals surface area contributed by atoms with Crippen LogP contribution in [0.2, 0.25) is 0 Å². The zero-order valence-electron chi connectivity index (χ0n) is 12.2. The quantitative estimate of drug-likeness (QED) is 0.802. The summed E-state index contributed by atoms with van der Waals surface area (Å²) in [4.78, 5) is 7.21. The second-order valence-corrected chi connectivity index (χ2v) is 6.01. The number of hydrogen-bond acceptors (Lipinski definition) is 4. The third kappa shape index (κ3) is 3.14. The molecule has 0 atom stereocenters. The predicted molar refractivity (Wildman–Crippen MR) is 91.8 cm³/mol. The largest absolute Gasteiger partial charge is 0.389 e. The molecule has 1 aliphatic rings. The first kappa shape index (κ1) is 14.2. The Hall–Kier alpha value is -1.72. The number of hydrogen-bond donors (Lipinski definition) is 2. The third-order valence-electron chi connectivity index (χ3n) is 3.98. The number of nitrogens with two attached hydrogens (primary N) is 1. The molecule has 3 N–H and O–H groups in total. The van der Waals surface area contributed by atoms with Crippen molar-refractivity contribution in [2.45, 2.75) is 18.9 Å². The number of para-hydroxylation sites is 1. The summed E-state index contributed by atoms with van der Waals surface area (Å²) in [6.45, 7) is 1.88. The maximum atomic E-state index is 5.84. The van der Waals surface area contributed by atoms with Crippen LogP contribution in [0.5, 0.6) is 0 Å². The first-order valence-corrected chi connectivity index (χ1v) is 7.69. The van der Waals surface area contributed by atoms with Gasteiger partial charge in [-0.15, -0.1) is 0 Å². The summed E-state index contributed by atoms with van der Waals surface area (Å²) in [6.07, 6.45) is 4.41. The Bertz CT molecular complexity index is 666. The number of nitrogens with one attached hydrogen (secondary N) is 1. The number of anilines is 1. The third-order valence-corrected chi connectivity index (χ3v) is 4.20. The maximum Gasteiger partial charge on any atom is 0.107 e. The SMILES string of the molecule is CN(CCNc1c(C(N)=S)cnc2ccccc12)C1CC1. The molecular formula is C16H20N4S. The van der Waals surface area contributed by atoms with Gasteiger partial charge in [-0.05, 0) is 26.0 Å². The highest BCUT2D eigenvalue weighted by atomic mass is 32.1. The topological polar surface area (TPSA) is 54.2 Å². The molecule has 1 saturated carbocycles. The van der Waals surface area contributed by atoms with Crippen molar-refractivity contribution in [3.8, 4) is 0 Å². The van der Waals surface area contributed by atoms with Gasteiger partial charge in [0, 0.05) is 30.7 Å². The fourth-order valence-electron chi connectivity index (χ4n) is 2.57. The average molecular weight is 300 g/mol. The van der Waals surface area contributed by atoms with E-state index in [1.165, 1.54) is 12.8 Å². The van der Waals surface area contributed by atoms with Crippen molar-refractivity contribution in [3.05, 3.63) is 36.0 Å². The molecule has 0 radical (unpaired) electrons. The van der Waals surface area contributed by atoms with Gasteiger partial charge in [0.15, 0.2) is 0 Å². The summed E-state index contributed by atoms with van der Waals surface area (Å²) in [5, 5.41) is 4.57. The average Bonchev–Trinajstić information content (AvgIpc) is 3.31. The van der Waals surface area contributed by atoms with Gasteiger partial charge in [-0.2, -0.15) is 0 Å². The predicted octanol–water partition coefficient (Wildman–Crippen LogP) is 2.38. The van der Waals surface area contributed by atoms with Gasteiger partial charge >= 0.3 is 0 Å². The van der Waals surface area contributed by atoms with Gasteiger partial charge in [0.2, 0.25) is 0 Å². The van der Waals surface area contributed by atoms with Gasteiger partial charge in [0.25, 0.3) is 0 Å². The molecule has 110 valence electrons. The zero-order valence-corrected chi connectivity index (χ0v) is 13.0. The second-order valence-electron chi connectivity index (χ2n) is 5.57. The van der Waals surface area contributed by atoms with E-state index < -0.39 is 0 Å². The van der Waals surface area contributed by atoms with Crippen molar-refractivity contribution in [2.75, 3.05) is 25.5 Å². The molecule has 1 heterocycles. The molecule has 0 amide bonds. The van der Waals surface area contributed by atoms with E-state index in [2.05, 4.69) is 28.3 Å². The van der Waals surface area contributed by atoms with E-state index in [0.29, 0.717) is 4.99 Å². The molecular weight excluding hydrogens is 280 g/mol. The van der Waals surface area contributed by atoms with Crippen molar-refractivity contribution in [1.29, 1.82) is 0 Å². The van der Waals surface area contributed by atoms with Crippen LogP contribution >= 0.6 is 12.2 Å². The molecule has 5 heteroatoms. The van der Waals surface area contributed by atoms with E-state index in [9.17, 15) is 0 Å². The lowest BCUT2D eigenvalue weighted by Crippen LogP contribution is -2.27. The molecule has 1 aromatic carbocycles. The van der Waals surface area contributed by atoms with Crippen molar-refractivity contribution < 1.29 is 0 Å². The summed E-state index contributed by atoms with van der Waals surface area (Å²) in [5.41, 5.74) is 8.61. The van der Waals surface area contributed by atoms with Crippen LogP contribution in [0.3, 0.4) is 0 Å². The Balaban J connectivity index is 1.83. The minimum absolute atomic E-state index is 0.381. The van der Waals surface area contributed by atoms with E-state index in [-0.39, 0.29) is 0 Å². The fraction of sp³-hybridized carbons (Fsp3) is 0.375. The molecule has 0 spiro atoms. The van der Waals surface area contributed by atoms with Gasteiger partial charge in [-0.3, -0.25) is 4.98 Å².